The summed E-state index contributed by atoms with van der Waals surface area (Å²) in [7, 11) is -3.75. The fourth-order valence-electron chi connectivity index (χ4n) is 2.51. The lowest BCUT2D eigenvalue weighted by Gasteiger charge is -2.19. The maximum atomic E-state index is 13.1. The highest BCUT2D eigenvalue weighted by atomic mass is 32.2. The van der Waals surface area contributed by atoms with Crippen LogP contribution in [0.4, 0.5) is 0 Å². The highest BCUT2D eigenvalue weighted by molar-refractivity contribution is 7.91. The van der Waals surface area contributed by atoms with Crippen LogP contribution in [-0.4, -0.2) is 32.8 Å². The molecule has 7 heteroatoms. The van der Waals surface area contributed by atoms with Crippen LogP contribution in [0.25, 0.3) is 0 Å². The van der Waals surface area contributed by atoms with Gasteiger partial charge in [0.05, 0.1) is 4.90 Å². The van der Waals surface area contributed by atoms with Crippen LogP contribution in [0.1, 0.15) is 31.1 Å². The molecule has 0 aliphatic carbocycles. The van der Waals surface area contributed by atoms with Gasteiger partial charge in [-0.25, -0.2) is 8.42 Å². The molecule has 0 unspecified atom stereocenters. The van der Waals surface area contributed by atoms with E-state index in [9.17, 15) is 18.0 Å². The highest BCUT2D eigenvalue weighted by Gasteiger charge is 2.30. The summed E-state index contributed by atoms with van der Waals surface area (Å²) < 4.78 is 26.2. The number of carbonyl (C=O) groups is 2. The summed E-state index contributed by atoms with van der Waals surface area (Å²) >= 11 is 0. The van der Waals surface area contributed by atoms with Crippen molar-refractivity contribution >= 4 is 21.7 Å². The average Bonchev–Trinajstić information content (AvgIpc) is 2.69. The average molecular weight is 388 g/mol. The van der Waals surface area contributed by atoms with Crippen LogP contribution in [0.15, 0.2) is 65.6 Å². The number of hydrogen-bond donors (Lipinski definition) is 2. The molecule has 2 atom stereocenters. The van der Waals surface area contributed by atoms with Crippen LogP contribution in [0, 0.1) is 0 Å². The van der Waals surface area contributed by atoms with Gasteiger partial charge in [-0.3, -0.25) is 9.59 Å². The van der Waals surface area contributed by atoms with Crippen molar-refractivity contribution in [2.45, 2.75) is 36.5 Å². The topological polar surface area (TPSA) is 92.3 Å². The van der Waals surface area contributed by atoms with Gasteiger partial charge in [0.25, 0.3) is 0 Å². The molecular formula is C20H24N2O4S. The van der Waals surface area contributed by atoms with Crippen molar-refractivity contribution in [3.63, 3.8) is 0 Å². The number of hydrogen-bond acceptors (Lipinski definition) is 4. The first-order valence-corrected chi connectivity index (χ1v) is 10.3. The third kappa shape index (κ3) is 5.40. The Hall–Kier alpha value is -2.67. The van der Waals surface area contributed by atoms with Crippen molar-refractivity contribution in [2.24, 2.45) is 0 Å². The van der Waals surface area contributed by atoms with Gasteiger partial charge in [-0.1, -0.05) is 55.5 Å². The Morgan fingerprint density at radius 1 is 0.926 bits per heavy atom. The minimum atomic E-state index is -3.75. The molecule has 2 aromatic rings. The van der Waals surface area contributed by atoms with Crippen LogP contribution < -0.4 is 10.6 Å². The summed E-state index contributed by atoms with van der Waals surface area (Å²) in [5.74, 6) is -1.62. The van der Waals surface area contributed by atoms with E-state index in [1.54, 1.807) is 55.5 Å². The zero-order valence-corrected chi connectivity index (χ0v) is 16.2. The van der Waals surface area contributed by atoms with Crippen LogP contribution >= 0.6 is 0 Å². The van der Waals surface area contributed by atoms with Gasteiger partial charge in [0, 0.05) is 12.6 Å². The van der Waals surface area contributed by atoms with Gasteiger partial charge < -0.3 is 10.6 Å². The predicted molar refractivity (Wildman–Crippen MR) is 104 cm³/mol. The molecule has 0 spiro atoms. The number of nitrogens with one attached hydrogen (secondary N) is 2. The van der Waals surface area contributed by atoms with Gasteiger partial charge in [0.2, 0.25) is 0 Å². The Balaban J connectivity index is 2.23. The van der Waals surface area contributed by atoms with Gasteiger partial charge >= 0.3 is 11.8 Å². The SMILES string of the molecule is CC[C@H](C)NC(=O)C(=O)NC[C@H](c1ccccc1)S(=O)(=O)c1ccccc1. The molecule has 2 rings (SSSR count). The van der Waals surface area contributed by atoms with Crippen molar-refractivity contribution in [1.82, 2.24) is 10.6 Å². The minimum absolute atomic E-state index is 0.138. The van der Waals surface area contributed by atoms with Crippen molar-refractivity contribution in [1.29, 1.82) is 0 Å². The molecule has 6 nitrogen and oxygen atoms in total. The predicted octanol–water partition coefficient (Wildman–Crippen LogP) is 2.23. The van der Waals surface area contributed by atoms with E-state index in [4.69, 9.17) is 0 Å². The van der Waals surface area contributed by atoms with Crippen LogP contribution in [0.5, 0.6) is 0 Å². The molecule has 27 heavy (non-hydrogen) atoms. The smallest absolute Gasteiger partial charge is 0.309 e. The van der Waals surface area contributed by atoms with Crippen molar-refractivity contribution in [3.05, 3.63) is 66.2 Å². The lowest BCUT2D eigenvalue weighted by Crippen LogP contribution is -2.45. The summed E-state index contributed by atoms with van der Waals surface area (Å²) in [6.45, 7) is 3.48. The number of sulfone groups is 1. The summed E-state index contributed by atoms with van der Waals surface area (Å²) in [6, 6.07) is 16.6. The molecule has 0 aliphatic rings. The zero-order valence-electron chi connectivity index (χ0n) is 15.4. The van der Waals surface area contributed by atoms with Crippen molar-refractivity contribution in [2.75, 3.05) is 6.54 Å². The van der Waals surface area contributed by atoms with Gasteiger partial charge in [-0.15, -0.1) is 0 Å². The molecule has 0 bridgehead atoms. The molecule has 0 aromatic heterocycles. The Kier molecular flexibility index (Phi) is 7.12. The first-order chi connectivity index (χ1) is 12.9. The standard InChI is InChI=1S/C20H24N2O4S/c1-3-15(2)22-20(24)19(23)21-14-18(16-10-6-4-7-11-16)27(25,26)17-12-8-5-9-13-17/h4-13,15,18H,3,14H2,1-2H3,(H,21,23)(H,22,24)/t15-,18+/m0/s1. The number of amides is 2. The second kappa shape index (κ2) is 9.32. The molecule has 0 fully saturated rings. The number of benzene rings is 2. The first-order valence-electron chi connectivity index (χ1n) is 8.78. The Bertz CT molecular complexity index is 867. The summed E-state index contributed by atoms with van der Waals surface area (Å²) in [4.78, 5) is 24.1. The molecule has 2 amide bonds. The molecule has 0 saturated carbocycles. The largest absolute Gasteiger partial charge is 0.346 e. The van der Waals surface area contributed by atoms with Gasteiger partial charge in [0.15, 0.2) is 9.84 Å². The maximum Gasteiger partial charge on any atom is 0.309 e. The van der Waals surface area contributed by atoms with Crippen molar-refractivity contribution < 1.29 is 18.0 Å². The molecule has 0 radical (unpaired) electrons. The van der Waals surface area contributed by atoms with E-state index in [1.807, 2.05) is 6.92 Å². The lowest BCUT2D eigenvalue weighted by molar-refractivity contribution is -0.139. The zero-order chi connectivity index (χ0) is 19.9. The molecule has 0 saturated heterocycles. The molecule has 2 N–H and O–H groups in total. The lowest BCUT2D eigenvalue weighted by atomic mass is 10.1. The van der Waals surface area contributed by atoms with Crippen LogP contribution in [-0.2, 0) is 19.4 Å². The molecule has 0 aliphatic heterocycles. The number of carbonyl (C=O) groups excluding carboxylic acids is 2. The van der Waals surface area contributed by atoms with Crippen LogP contribution in [0.3, 0.4) is 0 Å². The number of rotatable bonds is 7. The normalized spacial score (nSPS) is 13.4. The molecule has 0 heterocycles. The summed E-state index contributed by atoms with van der Waals surface area (Å²) in [5, 5.41) is 4.02. The fourth-order valence-corrected chi connectivity index (χ4v) is 4.19. The van der Waals surface area contributed by atoms with Gasteiger partial charge in [-0.2, -0.15) is 0 Å². The van der Waals surface area contributed by atoms with Gasteiger partial charge in [-0.05, 0) is 31.0 Å². The highest BCUT2D eigenvalue weighted by Crippen LogP contribution is 2.28. The molecule has 2 aromatic carbocycles. The summed E-state index contributed by atoms with van der Waals surface area (Å²) in [5.41, 5.74) is 0.545. The van der Waals surface area contributed by atoms with E-state index in [1.165, 1.54) is 12.1 Å². The fraction of sp³-hybridized carbons (Fsp3) is 0.300. The maximum absolute atomic E-state index is 13.1. The van der Waals surface area contributed by atoms with E-state index in [0.717, 1.165) is 0 Å². The third-order valence-electron chi connectivity index (χ3n) is 4.26. The van der Waals surface area contributed by atoms with Crippen molar-refractivity contribution in [3.8, 4) is 0 Å². The van der Waals surface area contributed by atoms with E-state index >= 15 is 0 Å². The molecule has 144 valence electrons. The van der Waals surface area contributed by atoms with Crippen LogP contribution in [0.2, 0.25) is 0 Å². The van der Waals surface area contributed by atoms with E-state index in [0.29, 0.717) is 12.0 Å². The monoisotopic (exact) mass is 388 g/mol. The third-order valence-corrected chi connectivity index (χ3v) is 6.38. The van der Waals surface area contributed by atoms with E-state index < -0.39 is 26.9 Å². The Labute approximate surface area is 159 Å². The first kappa shape index (κ1) is 20.6. The second-order valence-corrected chi connectivity index (χ2v) is 8.38. The summed E-state index contributed by atoms with van der Waals surface area (Å²) in [6.07, 6.45) is 0.689. The quantitative estimate of drug-likeness (QED) is 0.712. The second-order valence-electron chi connectivity index (χ2n) is 6.25. The van der Waals surface area contributed by atoms with E-state index in [-0.39, 0.29) is 17.5 Å². The molecular weight excluding hydrogens is 364 g/mol. The van der Waals surface area contributed by atoms with Gasteiger partial charge in [0.1, 0.15) is 5.25 Å². The Morgan fingerprint density at radius 3 is 2.04 bits per heavy atom. The minimum Gasteiger partial charge on any atom is -0.346 e. The Morgan fingerprint density at radius 2 is 1.48 bits per heavy atom. The van der Waals surface area contributed by atoms with E-state index in [2.05, 4.69) is 10.6 Å².